The van der Waals surface area contributed by atoms with Crippen molar-refractivity contribution in [3.63, 3.8) is 0 Å². The SMILES string of the molecule is Cc1nn(C)c(C(C)(C)C)c1C(C)(C)C. The van der Waals surface area contributed by atoms with Crippen LogP contribution in [-0.2, 0) is 17.9 Å². The third-order valence-electron chi connectivity index (χ3n) is 2.68. The van der Waals surface area contributed by atoms with Crippen LogP contribution in [0.4, 0.5) is 0 Å². The van der Waals surface area contributed by atoms with Crippen LogP contribution in [0.2, 0.25) is 0 Å². The average Bonchev–Trinajstić information content (AvgIpc) is 2.22. The Balaban J connectivity index is 3.51. The standard InChI is InChI=1S/C13H24N2/c1-9-10(12(2,3)4)11(13(5,6)7)15(8)14-9/h1-8H3. The van der Waals surface area contributed by atoms with Gasteiger partial charge in [-0.15, -0.1) is 0 Å². The summed E-state index contributed by atoms with van der Waals surface area (Å²) < 4.78 is 2.04. The van der Waals surface area contributed by atoms with E-state index in [2.05, 4.69) is 53.6 Å². The van der Waals surface area contributed by atoms with Gasteiger partial charge in [-0.25, -0.2) is 0 Å². The van der Waals surface area contributed by atoms with Crippen LogP contribution < -0.4 is 0 Å². The lowest BCUT2D eigenvalue weighted by molar-refractivity contribution is 0.492. The minimum Gasteiger partial charge on any atom is -0.272 e. The molecule has 0 spiro atoms. The predicted molar refractivity (Wildman–Crippen MR) is 65.3 cm³/mol. The van der Waals surface area contributed by atoms with E-state index in [-0.39, 0.29) is 10.8 Å². The van der Waals surface area contributed by atoms with Gasteiger partial charge in [0, 0.05) is 23.7 Å². The van der Waals surface area contributed by atoms with Crippen LogP contribution in [-0.4, -0.2) is 9.78 Å². The van der Waals surface area contributed by atoms with Gasteiger partial charge in [-0.05, 0) is 12.3 Å². The van der Waals surface area contributed by atoms with E-state index in [4.69, 9.17) is 0 Å². The van der Waals surface area contributed by atoms with Crippen molar-refractivity contribution in [3.05, 3.63) is 17.0 Å². The first-order valence-electron chi connectivity index (χ1n) is 5.59. The highest BCUT2D eigenvalue weighted by atomic mass is 15.3. The van der Waals surface area contributed by atoms with Crippen LogP contribution in [0.1, 0.15) is 58.5 Å². The molecule has 0 radical (unpaired) electrons. The molecule has 1 heterocycles. The van der Waals surface area contributed by atoms with Crippen molar-refractivity contribution < 1.29 is 0 Å². The van der Waals surface area contributed by atoms with E-state index in [1.54, 1.807) is 0 Å². The lowest BCUT2D eigenvalue weighted by atomic mass is 9.78. The van der Waals surface area contributed by atoms with E-state index in [1.165, 1.54) is 11.3 Å². The normalized spacial score (nSPS) is 13.3. The van der Waals surface area contributed by atoms with Crippen molar-refractivity contribution in [1.29, 1.82) is 0 Å². The van der Waals surface area contributed by atoms with E-state index in [0.717, 1.165) is 5.69 Å². The summed E-state index contributed by atoms with van der Waals surface area (Å²) in [6.45, 7) is 15.6. The third-order valence-corrected chi connectivity index (χ3v) is 2.68. The van der Waals surface area contributed by atoms with Crippen molar-refractivity contribution in [3.8, 4) is 0 Å². The fraction of sp³-hybridized carbons (Fsp3) is 0.769. The Morgan fingerprint density at radius 3 is 1.67 bits per heavy atom. The lowest BCUT2D eigenvalue weighted by Gasteiger charge is -2.27. The summed E-state index contributed by atoms with van der Waals surface area (Å²) in [6.07, 6.45) is 0. The zero-order chi connectivity index (χ0) is 12.0. The summed E-state index contributed by atoms with van der Waals surface area (Å²) in [7, 11) is 2.04. The highest BCUT2D eigenvalue weighted by molar-refractivity contribution is 5.36. The van der Waals surface area contributed by atoms with Gasteiger partial charge in [0.2, 0.25) is 0 Å². The van der Waals surface area contributed by atoms with Crippen molar-refractivity contribution in [2.75, 3.05) is 0 Å². The molecule has 0 aliphatic heterocycles. The summed E-state index contributed by atoms with van der Waals surface area (Å²) in [6, 6.07) is 0. The highest BCUT2D eigenvalue weighted by Gasteiger charge is 2.30. The molecule has 0 aromatic carbocycles. The molecule has 0 atom stereocenters. The maximum absolute atomic E-state index is 4.56. The van der Waals surface area contributed by atoms with Gasteiger partial charge >= 0.3 is 0 Å². The first-order valence-corrected chi connectivity index (χ1v) is 5.59. The molecule has 0 saturated heterocycles. The number of aryl methyl sites for hydroxylation is 2. The topological polar surface area (TPSA) is 17.8 Å². The molecule has 2 nitrogen and oxygen atoms in total. The molecule has 0 unspecified atom stereocenters. The van der Waals surface area contributed by atoms with E-state index < -0.39 is 0 Å². The fourth-order valence-electron chi connectivity index (χ4n) is 2.42. The number of aromatic nitrogens is 2. The minimum absolute atomic E-state index is 0.151. The van der Waals surface area contributed by atoms with E-state index in [9.17, 15) is 0 Å². The summed E-state index contributed by atoms with van der Waals surface area (Å²) in [5, 5.41) is 4.56. The summed E-state index contributed by atoms with van der Waals surface area (Å²) in [5.74, 6) is 0. The Morgan fingerprint density at radius 1 is 0.933 bits per heavy atom. The van der Waals surface area contributed by atoms with Crippen LogP contribution >= 0.6 is 0 Å². The van der Waals surface area contributed by atoms with Crippen molar-refractivity contribution in [2.24, 2.45) is 7.05 Å². The van der Waals surface area contributed by atoms with Crippen molar-refractivity contribution >= 4 is 0 Å². The number of hydrogen-bond donors (Lipinski definition) is 0. The summed E-state index contributed by atoms with van der Waals surface area (Å²) in [4.78, 5) is 0. The van der Waals surface area contributed by atoms with Gasteiger partial charge in [0.1, 0.15) is 0 Å². The van der Waals surface area contributed by atoms with Gasteiger partial charge in [0.05, 0.1) is 5.69 Å². The average molecular weight is 208 g/mol. The Morgan fingerprint density at radius 2 is 1.40 bits per heavy atom. The maximum atomic E-state index is 4.56. The number of nitrogens with zero attached hydrogens (tertiary/aromatic N) is 2. The number of rotatable bonds is 0. The molecule has 15 heavy (non-hydrogen) atoms. The summed E-state index contributed by atoms with van der Waals surface area (Å²) >= 11 is 0. The van der Waals surface area contributed by atoms with Crippen molar-refractivity contribution in [1.82, 2.24) is 9.78 Å². The van der Waals surface area contributed by atoms with E-state index >= 15 is 0 Å². The highest BCUT2D eigenvalue weighted by Crippen LogP contribution is 2.35. The molecule has 0 bridgehead atoms. The van der Waals surface area contributed by atoms with E-state index in [1.807, 2.05) is 11.7 Å². The van der Waals surface area contributed by atoms with Crippen LogP contribution in [0, 0.1) is 6.92 Å². The van der Waals surface area contributed by atoms with E-state index in [0.29, 0.717) is 0 Å². The first kappa shape index (κ1) is 12.3. The van der Waals surface area contributed by atoms with Gasteiger partial charge in [0.25, 0.3) is 0 Å². The summed E-state index contributed by atoms with van der Waals surface area (Å²) in [5.41, 5.74) is 4.24. The minimum atomic E-state index is 0.151. The molecular weight excluding hydrogens is 184 g/mol. The lowest BCUT2D eigenvalue weighted by Crippen LogP contribution is -2.24. The molecule has 0 aliphatic rings. The predicted octanol–water partition coefficient (Wildman–Crippen LogP) is 3.32. The molecule has 0 saturated carbocycles. The van der Waals surface area contributed by atoms with Gasteiger partial charge in [-0.3, -0.25) is 4.68 Å². The molecule has 0 fully saturated rings. The molecular formula is C13H24N2. The first-order chi connectivity index (χ1) is 6.55. The largest absolute Gasteiger partial charge is 0.272 e. The molecule has 0 N–H and O–H groups in total. The molecule has 1 rings (SSSR count). The van der Waals surface area contributed by atoms with Crippen LogP contribution in [0.15, 0.2) is 0 Å². The zero-order valence-corrected chi connectivity index (χ0v) is 11.4. The fourth-order valence-corrected chi connectivity index (χ4v) is 2.42. The van der Waals surface area contributed by atoms with Gasteiger partial charge < -0.3 is 0 Å². The van der Waals surface area contributed by atoms with Gasteiger partial charge in [0.15, 0.2) is 0 Å². The van der Waals surface area contributed by atoms with Gasteiger partial charge in [-0.1, -0.05) is 41.5 Å². The molecule has 0 aliphatic carbocycles. The molecule has 1 aromatic rings. The maximum Gasteiger partial charge on any atom is 0.0634 e. The second-order valence-corrected chi connectivity index (χ2v) is 6.43. The second kappa shape index (κ2) is 3.36. The molecule has 2 heteroatoms. The van der Waals surface area contributed by atoms with Gasteiger partial charge in [-0.2, -0.15) is 5.10 Å². The Bertz CT molecular complexity index is 325. The quantitative estimate of drug-likeness (QED) is 0.639. The van der Waals surface area contributed by atoms with Crippen LogP contribution in [0.5, 0.6) is 0 Å². The molecule has 0 amide bonds. The van der Waals surface area contributed by atoms with Crippen LogP contribution in [0.3, 0.4) is 0 Å². The smallest absolute Gasteiger partial charge is 0.0634 e. The number of hydrogen-bond acceptors (Lipinski definition) is 1. The Kier molecular flexibility index (Phi) is 2.75. The van der Waals surface area contributed by atoms with Crippen LogP contribution in [0.25, 0.3) is 0 Å². The second-order valence-electron chi connectivity index (χ2n) is 6.43. The zero-order valence-electron chi connectivity index (χ0n) is 11.4. The third kappa shape index (κ3) is 2.24. The van der Waals surface area contributed by atoms with Crippen molar-refractivity contribution in [2.45, 2.75) is 59.3 Å². The Hall–Kier alpha value is -0.790. The molecule has 86 valence electrons. The Labute approximate surface area is 93.7 Å². The molecule has 1 aromatic heterocycles. The monoisotopic (exact) mass is 208 g/mol.